The lowest BCUT2D eigenvalue weighted by molar-refractivity contribution is -0.144. The number of carbonyl (C=O) groups is 3. The van der Waals surface area contributed by atoms with Gasteiger partial charge in [0, 0.05) is 30.4 Å². The summed E-state index contributed by atoms with van der Waals surface area (Å²) < 4.78 is 6.56. The molecule has 3 saturated heterocycles. The predicted octanol–water partition coefficient (Wildman–Crippen LogP) is 2.73. The van der Waals surface area contributed by atoms with E-state index in [0.29, 0.717) is 49.5 Å². The fourth-order valence-electron chi connectivity index (χ4n) is 6.04. The number of halogens is 1. The fourth-order valence-corrected chi connectivity index (χ4v) is 6.17. The fraction of sp³-hybridized carbons (Fsp3) is 0.640. The van der Waals surface area contributed by atoms with Crippen LogP contribution in [-0.2, 0) is 19.1 Å². The van der Waals surface area contributed by atoms with Gasteiger partial charge in [0.1, 0.15) is 11.6 Å². The van der Waals surface area contributed by atoms with E-state index in [4.69, 9.17) is 21.4 Å². The van der Waals surface area contributed by atoms with Gasteiger partial charge in [0.15, 0.2) is 0 Å². The zero-order valence-electron chi connectivity index (χ0n) is 19.8. The van der Waals surface area contributed by atoms with Crippen molar-refractivity contribution in [1.82, 2.24) is 10.2 Å². The molecule has 0 aromatic heterocycles. The van der Waals surface area contributed by atoms with Crippen molar-refractivity contribution in [2.24, 2.45) is 11.8 Å². The number of amides is 3. The molecule has 1 spiro atoms. The van der Waals surface area contributed by atoms with Gasteiger partial charge in [-0.25, -0.2) is 0 Å². The number of aliphatic hydroxyl groups is 1. The van der Waals surface area contributed by atoms with Crippen LogP contribution in [0.3, 0.4) is 0 Å². The van der Waals surface area contributed by atoms with Gasteiger partial charge in [-0.2, -0.15) is 0 Å². The summed E-state index contributed by atoms with van der Waals surface area (Å²) in [5, 5.41) is 15.6. The summed E-state index contributed by atoms with van der Waals surface area (Å²) in [6.45, 7) is 4.86. The molecule has 0 aliphatic carbocycles. The Bertz CT molecular complexity index is 941. The number of nitrogens with zero attached hydrogens (tertiary/aromatic N) is 1. The highest BCUT2D eigenvalue weighted by Gasteiger charge is 2.77. The second kappa shape index (κ2) is 9.84. The van der Waals surface area contributed by atoms with Gasteiger partial charge in [0.25, 0.3) is 0 Å². The number of hydrogen-bond donors (Lipinski definition) is 3. The Labute approximate surface area is 205 Å². The van der Waals surface area contributed by atoms with Crippen molar-refractivity contribution in [3.8, 4) is 0 Å². The van der Waals surface area contributed by atoms with Crippen molar-refractivity contribution in [3.63, 3.8) is 0 Å². The van der Waals surface area contributed by atoms with Crippen LogP contribution in [0.25, 0.3) is 0 Å². The van der Waals surface area contributed by atoms with E-state index in [1.54, 1.807) is 29.2 Å². The normalized spacial score (nSPS) is 31.6. The molecule has 8 nitrogen and oxygen atoms in total. The molecule has 0 saturated carbocycles. The second-order valence-corrected chi connectivity index (χ2v) is 10.3. The summed E-state index contributed by atoms with van der Waals surface area (Å²) in [4.78, 5) is 42.3. The van der Waals surface area contributed by atoms with Gasteiger partial charge in [-0.05, 0) is 69.7 Å². The van der Waals surface area contributed by atoms with Gasteiger partial charge in [-0.1, -0.05) is 18.5 Å². The van der Waals surface area contributed by atoms with Crippen LogP contribution in [0.1, 0.15) is 52.4 Å². The lowest BCUT2D eigenvalue weighted by Crippen LogP contribution is -2.53. The SMILES string of the molecule is CCCNC(=O)[C@@H]1[C@H]2C(=O)N(CCCCCO)C(C(=O)Nc3ccc(Cl)cc3)C23CC[C@@]1(C)O3. The molecule has 3 N–H and O–H groups in total. The predicted molar refractivity (Wildman–Crippen MR) is 128 cm³/mol. The molecule has 3 aliphatic rings. The lowest BCUT2D eigenvalue weighted by atomic mass is 9.66. The van der Waals surface area contributed by atoms with E-state index < -0.39 is 29.1 Å². The molecule has 3 fully saturated rings. The molecule has 3 heterocycles. The Balaban J connectivity index is 1.65. The number of fused-ring (bicyclic) bond motifs is 1. The third-order valence-corrected chi connectivity index (χ3v) is 7.78. The molecular formula is C25H34ClN3O5. The van der Waals surface area contributed by atoms with E-state index in [2.05, 4.69) is 10.6 Å². The van der Waals surface area contributed by atoms with Crippen LogP contribution in [0.4, 0.5) is 5.69 Å². The first kappa shape index (κ1) is 24.9. The Kier molecular flexibility index (Phi) is 7.22. The van der Waals surface area contributed by atoms with Crippen molar-refractivity contribution < 1.29 is 24.2 Å². The highest BCUT2D eigenvalue weighted by atomic mass is 35.5. The summed E-state index contributed by atoms with van der Waals surface area (Å²) >= 11 is 5.98. The zero-order chi connectivity index (χ0) is 24.5. The molecule has 4 rings (SSSR count). The zero-order valence-corrected chi connectivity index (χ0v) is 20.6. The van der Waals surface area contributed by atoms with Gasteiger partial charge in [0.05, 0.1) is 17.4 Å². The van der Waals surface area contributed by atoms with Gasteiger partial charge in [-0.15, -0.1) is 0 Å². The summed E-state index contributed by atoms with van der Waals surface area (Å²) in [6.07, 6.45) is 3.98. The summed E-state index contributed by atoms with van der Waals surface area (Å²) in [5.74, 6) is -2.02. The number of rotatable bonds is 10. The molecule has 1 aromatic carbocycles. The number of likely N-dealkylation sites (tertiary alicyclic amines) is 1. The number of aliphatic hydroxyl groups excluding tert-OH is 1. The van der Waals surface area contributed by atoms with Crippen LogP contribution >= 0.6 is 11.6 Å². The van der Waals surface area contributed by atoms with Crippen molar-refractivity contribution in [2.45, 2.75) is 69.6 Å². The molecule has 0 radical (unpaired) electrons. The van der Waals surface area contributed by atoms with E-state index >= 15 is 0 Å². The lowest BCUT2D eigenvalue weighted by Gasteiger charge is -2.33. The molecule has 34 heavy (non-hydrogen) atoms. The first-order valence-electron chi connectivity index (χ1n) is 12.2. The Morgan fingerprint density at radius 3 is 2.59 bits per heavy atom. The summed E-state index contributed by atoms with van der Waals surface area (Å²) in [5.41, 5.74) is -1.23. The van der Waals surface area contributed by atoms with Crippen molar-refractivity contribution in [2.75, 3.05) is 25.0 Å². The average molecular weight is 492 g/mol. The van der Waals surface area contributed by atoms with Crippen LogP contribution in [0, 0.1) is 11.8 Å². The molecule has 5 atom stereocenters. The van der Waals surface area contributed by atoms with Crippen LogP contribution in [0.15, 0.2) is 24.3 Å². The Morgan fingerprint density at radius 1 is 1.18 bits per heavy atom. The van der Waals surface area contributed by atoms with E-state index in [-0.39, 0.29) is 24.3 Å². The number of benzene rings is 1. The average Bonchev–Trinajstić information content (AvgIpc) is 3.37. The maximum atomic E-state index is 13.8. The third kappa shape index (κ3) is 4.20. The maximum Gasteiger partial charge on any atom is 0.250 e. The third-order valence-electron chi connectivity index (χ3n) is 7.53. The minimum absolute atomic E-state index is 0.0854. The topological polar surface area (TPSA) is 108 Å². The number of anilines is 1. The van der Waals surface area contributed by atoms with Gasteiger partial charge in [0.2, 0.25) is 17.7 Å². The van der Waals surface area contributed by atoms with Crippen LogP contribution in [-0.4, -0.2) is 64.7 Å². The number of hydrogen-bond acceptors (Lipinski definition) is 5. The van der Waals surface area contributed by atoms with Gasteiger partial charge < -0.3 is 25.4 Å². The molecule has 2 unspecified atom stereocenters. The minimum atomic E-state index is -1.03. The van der Waals surface area contributed by atoms with Crippen LogP contribution in [0.5, 0.6) is 0 Å². The van der Waals surface area contributed by atoms with E-state index in [0.717, 1.165) is 12.8 Å². The van der Waals surface area contributed by atoms with E-state index in [9.17, 15) is 14.4 Å². The van der Waals surface area contributed by atoms with Crippen molar-refractivity contribution >= 4 is 35.0 Å². The molecular weight excluding hydrogens is 458 g/mol. The summed E-state index contributed by atoms with van der Waals surface area (Å²) in [7, 11) is 0. The molecule has 3 amide bonds. The second-order valence-electron chi connectivity index (χ2n) is 9.83. The smallest absolute Gasteiger partial charge is 0.250 e. The first-order valence-corrected chi connectivity index (χ1v) is 12.6. The monoisotopic (exact) mass is 491 g/mol. The number of nitrogens with one attached hydrogen (secondary N) is 2. The maximum absolute atomic E-state index is 13.8. The van der Waals surface area contributed by atoms with E-state index in [1.165, 1.54) is 0 Å². The Hall–Kier alpha value is -2.16. The minimum Gasteiger partial charge on any atom is -0.396 e. The molecule has 2 bridgehead atoms. The van der Waals surface area contributed by atoms with Crippen LogP contribution in [0.2, 0.25) is 5.02 Å². The van der Waals surface area contributed by atoms with E-state index in [1.807, 2.05) is 13.8 Å². The molecule has 3 aliphatic heterocycles. The standard InChI is InChI=1S/C25H34ClN3O5/c1-3-13-27-21(31)18-19-23(33)29(14-5-4-6-15-30)20(25(19)12-11-24(18,2)34-25)22(32)28-17-9-7-16(26)8-10-17/h7-10,18-20,30H,3-6,11-15H2,1-2H3,(H,27,31)(H,28,32)/t18-,19-,20?,24+,25?/m0/s1. The molecule has 1 aromatic rings. The number of ether oxygens (including phenoxy) is 1. The molecule has 186 valence electrons. The number of unbranched alkanes of at least 4 members (excludes halogenated alkanes) is 2. The number of carbonyl (C=O) groups excluding carboxylic acids is 3. The molecule has 9 heteroatoms. The first-order chi connectivity index (χ1) is 16.3. The van der Waals surface area contributed by atoms with Crippen molar-refractivity contribution in [3.05, 3.63) is 29.3 Å². The highest BCUT2D eigenvalue weighted by Crippen LogP contribution is 2.63. The largest absolute Gasteiger partial charge is 0.396 e. The van der Waals surface area contributed by atoms with Crippen molar-refractivity contribution in [1.29, 1.82) is 0 Å². The van der Waals surface area contributed by atoms with Gasteiger partial charge >= 0.3 is 0 Å². The summed E-state index contributed by atoms with van der Waals surface area (Å²) in [6, 6.07) is 5.98. The highest BCUT2D eigenvalue weighted by molar-refractivity contribution is 6.30. The quantitative estimate of drug-likeness (QED) is 0.436. The Morgan fingerprint density at radius 2 is 1.91 bits per heavy atom. The van der Waals surface area contributed by atoms with Gasteiger partial charge in [-0.3, -0.25) is 14.4 Å². The van der Waals surface area contributed by atoms with Crippen LogP contribution < -0.4 is 10.6 Å².